The molecule has 0 aromatic carbocycles. The molecule has 0 saturated heterocycles. The average molecular weight is 415 g/mol. The first-order valence-electron chi connectivity index (χ1n) is 9.77. The zero-order chi connectivity index (χ0) is 20.9. The Labute approximate surface area is 174 Å². The SMILES string of the molecule is CCc1cc(N2CCc3c(sc4c3C(=O)N(C)CC(=O)N4C)C2)nc(N(C)C)n1. The maximum Gasteiger partial charge on any atom is 0.257 e. The van der Waals surface area contributed by atoms with E-state index in [2.05, 4.69) is 16.8 Å². The molecule has 8 nitrogen and oxygen atoms in total. The second-order valence-corrected chi connectivity index (χ2v) is 8.82. The van der Waals surface area contributed by atoms with Crippen LogP contribution < -0.4 is 14.7 Å². The lowest BCUT2D eigenvalue weighted by Crippen LogP contribution is -2.36. The van der Waals surface area contributed by atoms with Crippen LogP contribution in [0.5, 0.6) is 0 Å². The molecule has 9 heteroatoms. The van der Waals surface area contributed by atoms with Gasteiger partial charge in [-0.05, 0) is 18.4 Å². The molecule has 0 spiro atoms. The molecule has 0 saturated carbocycles. The van der Waals surface area contributed by atoms with Gasteiger partial charge in [0.2, 0.25) is 11.9 Å². The van der Waals surface area contributed by atoms with Crippen LogP contribution >= 0.6 is 11.3 Å². The van der Waals surface area contributed by atoms with Crippen molar-refractivity contribution in [3.8, 4) is 0 Å². The van der Waals surface area contributed by atoms with Crippen LogP contribution in [0.1, 0.15) is 33.4 Å². The van der Waals surface area contributed by atoms with E-state index in [4.69, 9.17) is 4.98 Å². The van der Waals surface area contributed by atoms with Crippen molar-refractivity contribution in [3.63, 3.8) is 0 Å². The third-order valence-corrected chi connectivity index (χ3v) is 6.78. The van der Waals surface area contributed by atoms with E-state index in [-0.39, 0.29) is 18.4 Å². The zero-order valence-corrected chi connectivity index (χ0v) is 18.3. The molecule has 2 aromatic heterocycles. The second-order valence-electron chi connectivity index (χ2n) is 7.73. The molecule has 4 heterocycles. The Balaban J connectivity index is 1.72. The number of aryl methyl sites for hydroxylation is 1. The standard InChI is InChI=1S/C20H26N6O2S/c1-6-12-9-15(22-20(21-12)23(2)3)26-8-7-13-14(10-26)29-19-17(13)18(28)24(4)11-16(27)25(19)5/h9H,6-8,10-11H2,1-5H3. The normalized spacial score (nSPS) is 16.7. The van der Waals surface area contributed by atoms with Gasteiger partial charge in [0.1, 0.15) is 17.4 Å². The lowest BCUT2D eigenvalue weighted by atomic mass is 10.0. The van der Waals surface area contributed by atoms with Crippen molar-refractivity contribution in [1.29, 1.82) is 0 Å². The third-order valence-electron chi connectivity index (χ3n) is 5.49. The van der Waals surface area contributed by atoms with Crippen LogP contribution in [0.2, 0.25) is 0 Å². The van der Waals surface area contributed by atoms with E-state index in [0.29, 0.717) is 18.1 Å². The van der Waals surface area contributed by atoms with Gasteiger partial charge in [0.15, 0.2) is 0 Å². The highest BCUT2D eigenvalue weighted by Gasteiger charge is 2.35. The van der Waals surface area contributed by atoms with Crippen LogP contribution in [0.15, 0.2) is 6.07 Å². The number of rotatable bonds is 3. The summed E-state index contributed by atoms with van der Waals surface area (Å²) >= 11 is 1.55. The molecule has 0 unspecified atom stereocenters. The predicted molar refractivity (Wildman–Crippen MR) is 115 cm³/mol. The zero-order valence-electron chi connectivity index (χ0n) is 17.5. The number of likely N-dealkylation sites (N-methyl/N-ethyl adjacent to an activating group) is 2. The van der Waals surface area contributed by atoms with Gasteiger partial charge in [-0.2, -0.15) is 4.98 Å². The van der Waals surface area contributed by atoms with Gasteiger partial charge in [-0.25, -0.2) is 4.98 Å². The minimum atomic E-state index is -0.0613. The van der Waals surface area contributed by atoms with Crippen LogP contribution in [-0.4, -0.2) is 68.0 Å². The highest BCUT2D eigenvalue weighted by molar-refractivity contribution is 7.17. The summed E-state index contributed by atoms with van der Waals surface area (Å²) in [4.78, 5) is 43.1. The number of carbonyl (C=O) groups excluding carboxylic acids is 2. The number of anilines is 3. The van der Waals surface area contributed by atoms with E-state index in [9.17, 15) is 9.59 Å². The number of amides is 2. The number of thiophene rings is 1. The van der Waals surface area contributed by atoms with Crippen LogP contribution in [0.25, 0.3) is 0 Å². The molecule has 0 bridgehead atoms. The Morgan fingerprint density at radius 2 is 1.93 bits per heavy atom. The molecular formula is C20H26N6O2S. The van der Waals surface area contributed by atoms with Crippen molar-refractivity contribution in [3.05, 3.63) is 27.8 Å². The minimum absolute atomic E-state index is 0.0611. The van der Waals surface area contributed by atoms with Crippen molar-refractivity contribution in [2.45, 2.75) is 26.3 Å². The number of fused-ring (bicyclic) bond motifs is 3. The van der Waals surface area contributed by atoms with Gasteiger partial charge >= 0.3 is 0 Å². The van der Waals surface area contributed by atoms with Crippen molar-refractivity contribution < 1.29 is 9.59 Å². The van der Waals surface area contributed by atoms with Gasteiger partial charge in [-0.15, -0.1) is 11.3 Å². The maximum absolute atomic E-state index is 12.9. The minimum Gasteiger partial charge on any atom is -0.351 e. The first kappa shape index (κ1) is 19.6. The molecular weight excluding hydrogens is 388 g/mol. The second kappa shape index (κ2) is 7.29. The number of nitrogens with zero attached hydrogens (tertiary/aromatic N) is 6. The fourth-order valence-corrected chi connectivity index (χ4v) is 5.07. The van der Waals surface area contributed by atoms with Crippen LogP contribution in [-0.2, 0) is 24.2 Å². The summed E-state index contributed by atoms with van der Waals surface area (Å²) in [7, 11) is 7.34. The van der Waals surface area contributed by atoms with Crippen LogP contribution in [0.4, 0.5) is 16.8 Å². The first-order valence-corrected chi connectivity index (χ1v) is 10.6. The first-order chi connectivity index (χ1) is 13.8. The van der Waals surface area contributed by atoms with Crippen LogP contribution in [0, 0.1) is 0 Å². The largest absolute Gasteiger partial charge is 0.351 e. The lowest BCUT2D eigenvalue weighted by molar-refractivity contribution is -0.118. The predicted octanol–water partition coefficient (Wildman–Crippen LogP) is 1.78. The Hall–Kier alpha value is -2.68. The van der Waals surface area contributed by atoms with Gasteiger partial charge in [0, 0.05) is 51.4 Å². The Morgan fingerprint density at radius 1 is 1.17 bits per heavy atom. The van der Waals surface area contributed by atoms with Gasteiger partial charge < -0.3 is 19.6 Å². The lowest BCUT2D eigenvalue weighted by Gasteiger charge is -2.29. The summed E-state index contributed by atoms with van der Waals surface area (Å²) in [5.41, 5.74) is 2.79. The molecule has 2 amide bonds. The number of aromatic nitrogens is 2. The molecule has 0 radical (unpaired) electrons. The summed E-state index contributed by atoms with van der Waals surface area (Å²) < 4.78 is 0. The highest BCUT2D eigenvalue weighted by Crippen LogP contribution is 2.41. The van der Waals surface area contributed by atoms with Gasteiger partial charge in [-0.3, -0.25) is 9.59 Å². The molecule has 2 aromatic rings. The summed E-state index contributed by atoms with van der Waals surface area (Å²) in [5.74, 6) is 1.49. The number of hydrogen-bond donors (Lipinski definition) is 0. The van der Waals surface area contributed by atoms with E-state index in [1.165, 1.54) is 4.90 Å². The van der Waals surface area contributed by atoms with E-state index in [1.807, 2.05) is 25.1 Å². The summed E-state index contributed by atoms with van der Waals surface area (Å²) in [6.45, 7) is 3.66. The molecule has 0 fully saturated rings. The Bertz CT molecular complexity index is 986. The fraction of sp³-hybridized carbons (Fsp3) is 0.500. The molecule has 0 atom stereocenters. The molecule has 0 N–H and O–H groups in total. The quantitative estimate of drug-likeness (QED) is 0.762. The Morgan fingerprint density at radius 3 is 2.62 bits per heavy atom. The fourth-order valence-electron chi connectivity index (χ4n) is 3.74. The van der Waals surface area contributed by atoms with Gasteiger partial charge in [0.25, 0.3) is 5.91 Å². The molecule has 0 aliphatic carbocycles. The molecule has 2 aliphatic heterocycles. The summed E-state index contributed by atoms with van der Waals surface area (Å²) in [6.07, 6.45) is 1.60. The van der Waals surface area contributed by atoms with Gasteiger partial charge in [0.05, 0.1) is 12.1 Å². The van der Waals surface area contributed by atoms with Crippen molar-refractivity contribution in [2.24, 2.45) is 0 Å². The van der Waals surface area contributed by atoms with Crippen molar-refractivity contribution in [2.75, 3.05) is 56.0 Å². The third kappa shape index (κ3) is 3.33. The number of carbonyl (C=O) groups is 2. The van der Waals surface area contributed by atoms with E-state index >= 15 is 0 Å². The summed E-state index contributed by atoms with van der Waals surface area (Å²) in [6, 6.07) is 2.05. The Kier molecular flexibility index (Phi) is 4.94. The molecule has 2 aliphatic rings. The molecule has 154 valence electrons. The molecule has 29 heavy (non-hydrogen) atoms. The highest BCUT2D eigenvalue weighted by atomic mass is 32.1. The van der Waals surface area contributed by atoms with Crippen molar-refractivity contribution >= 4 is 39.9 Å². The monoisotopic (exact) mass is 414 g/mol. The van der Waals surface area contributed by atoms with E-state index in [0.717, 1.165) is 46.3 Å². The average Bonchev–Trinajstić information content (AvgIpc) is 3.07. The summed E-state index contributed by atoms with van der Waals surface area (Å²) in [5, 5.41) is 0.766. The van der Waals surface area contributed by atoms with Gasteiger partial charge in [-0.1, -0.05) is 6.92 Å². The van der Waals surface area contributed by atoms with Crippen molar-refractivity contribution in [1.82, 2.24) is 14.9 Å². The topological polar surface area (TPSA) is 72.9 Å². The smallest absolute Gasteiger partial charge is 0.257 e. The number of hydrogen-bond acceptors (Lipinski definition) is 7. The molecule has 4 rings (SSSR count). The van der Waals surface area contributed by atoms with E-state index < -0.39 is 0 Å². The van der Waals surface area contributed by atoms with Crippen LogP contribution in [0.3, 0.4) is 0 Å². The van der Waals surface area contributed by atoms with E-state index in [1.54, 1.807) is 30.3 Å². The maximum atomic E-state index is 12.9.